The molecule has 0 aliphatic rings. The summed E-state index contributed by atoms with van der Waals surface area (Å²) in [5.74, 6) is 0.507. The van der Waals surface area contributed by atoms with Crippen LogP contribution in [-0.4, -0.2) is 14.8 Å². The van der Waals surface area contributed by atoms with Gasteiger partial charge < -0.3 is 4.57 Å². The Morgan fingerprint density at radius 1 is 1.43 bits per heavy atom. The van der Waals surface area contributed by atoms with Gasteiger partial charge in [0.15, 0.2) is 0 Å². The fourth-order valence-electron chi connectivity index (χ4n) is 1.61. The summed E-state index contributed by atoms with van der Waals surface area (Å²) in [6.07, 6.45) is 1.01. The summed E-state index contributed by atoms with van der Waals surface area (Å²) in [7, 11) is 0. The molecule has 2 rings (SSSR count). The maximum Gasteiger partial charge on any atom is 0.228 e. The third kappa shape index (κ3) is 1.33. The van der Waals surface area contributed by atoms with Crippen molar-refractivity contribution >= 4 is 17.0 Å². The van der Waals surface area contributed by atoms with Gasteiger partial charge in [-0.2, -0.15) is 0 Å². The fraction of sp³-hybridized carbons (Fsp3) is 0.300. The highest BCUT2D eigenvalue weighted by Crippen LogP contribution is 2.19. The van der Waals surface area contributed by atoms with Crippen LogP contribution in [0, 0.1) is 0 Å². The van der Waals surface area contributed by atoms with Gasteiger partial charge >= 0.3 is 0 Å². The molecule has 14 heavy (non-hydrogen) atoms. The molecule has 0 atom stereocenters. The molecule has 2 N–H and O–H groups in total. The second-order valence-corrected chi connectivity index (χ2v) is 3.19. The first-order chi connectivity index (χ1) is 6.86. The largest absolute Gasteiger partial charge is 0.309 e. The maximum absolute atomic E-state index is 8.91. The molecule has 0 fully saturated rings. The average molecular weight is 191 g/mol. The van der Waals surface area contributed by atoms with Crippen LogP contribution in [0.5, 0.6) is 0 Å². The van der Waals surface area contributed by atoms with Crippen LogP contribution >= 0.6 is 0 Å². The second-order valence-electron chi connectivity index (χ2n) is 3.19. The van der Waals surface area contributed by atoms with Crippen LogP contribution in [0.2, 0.25) is 0 Å². The van der Waals surface area contributed by atoms with E-state index in [1.807, 2.05) is 28.8 Å². The standard InChI is InChI=1S/C10H13N3O/c1-2-7-13-9-6-4-3-5-8(9)11-10(13)12-14/h3-6,14H,2,7H2,1H3,(H,11,12). The third-order valence-electron chi connectivity index (χ3n) is 2.20. The number of benzene rings is 1. The summed E-state index contributed by atoms with van der Waals surface area (Å²) in [6.45, 7) is 2.94. The van der Waals surface area contributed by atoms with Crippen molar-refractivity contribution in [2.45, 2.75) is 19.9 Å². The van der Waals surface area contributed by atoms with Crippen molar-refractivity contribution < 1.29 is 5.21 Å². The zero-order valence-corrected chi connectivity index (χ0v) is 8.07. The lowest BCUT2D eigenvalue weighted by atomic mass is 10.3. The van der Waals surface area contributed by atoms with Crippen molar-refractivity contribution in [3.63, 3.8) is 0 Å². The fourth-order valence-corrected chi connectivity index (χ4v) is 1.61. The Bertz CT molecular complexity index is 436. The predicted molar refractivity (Wildman–Crippen MR) is 55.4 cm³/mol. The number of nitrogens with one attached hydrogen (secondary N) is 1. The van der Waals surface area contributed by atoms with E-state index < -0.39 is 0 Å². The number of rotatable bonds is 3. The van der Waals surface area contributed by atoms with Gasteiger partial charge in [-0.05, 0) is 18.6 Å². The van der Waals surface area contributed by atoms with Crippen LogP contribution < -0.4 is 5.48 Å². The van der Waals surface area contributed by atoms with E-state index >= 15 is 0 Å². The zero-order chi connectivity index (χ0) is 9.97. The van der Waals surface area contributed by atoms with Crippen LogP contribution in [0.25, 0.3) is 11.0 Å². The van der Waals surface area contributed by atoms with E-state index in [0.717, 1.165) is 24.0 Å². The van der Waals surface area contributed by atoms with Gasteiger partial charge in [0.1, 0.15) is 0 Å². The van der Waals surface area contributed by atoms with Gasteiger partial charge in [0, 0.05) is 6.54 Å². The first-order valence-corrected chi connectivity index (χ1v) is 4.72. The smallest absolute Gasteiger partial charge is 0.228 e. The Morgan fingerprint density at radius 2 is 2.21 bits per heavy atom. The highest BCUT2D eigenvalue weighted by molar-refractivity contribution is 5.78. The molecule has 1 aromatic heterocycles. The highest BCUT2D eigenvalue weighted by Gasteiger charge is 2.07. The number of nitrogens with zero attached hydrogens (tertiary/aromatic N) is 2. The van der Waals surface area contributed by atoms with E-state index in [1.165, 1.54) is 0 Å². The quantitative estimate of drug-likeness (QED) is 0.731. The number of hydrogen-bond acceptors (Lipinski definition) is 3. The molecular formula is C10H13N3O. The number of hydrogen-bond donors (Lipinski definition) is 2. The Hall–Kier alpha value is -1.55. The van der Waals surface area contributed by atoms with E-state index in [2.05, 4.69) is 17.4 Å². The van der Waals surface area contributed by atoms with E-state index in [0.29, 0.717) is 5.95 Å². The van der Waals surface area contributed by atoms with E-state index in [-0.39, 0.29) is 0 Å². The average Bonchev–Trinajstić information content (AvgIpc) is 2.58. The molecule has 0 unspecified atom stereocenters. The highest BCUT2D eigenvalue weighted by atomic mass is 16.5. The van der Waals surface area contributed by atoms with E-state index in [9.17, 15) is 0 Å². The minimum Gasteiger partial charge on any atom is -0.309 e. The van der Waals surface area contributed by atoms with Crippen LogP contribution in [0.15, 0.2) is 24.3 Å². The lowest BCUT2D eigenvalue weighted by Crippen LogP contribution is -2.03. The minimum absolute atomic E-state index is 0.507. The predicted octanol–water partition coefficient (Wildman–Crippen LogP) is 2.25. The molecule has 0 aliphatic carbocycles. The number of fused-ring (bicyclic) bond motifs is 1. The number of para-hydroxylation sites is 2. The molecule has 2 aromatic rings. The summed E-state index contributed by atoms with van der Waals surface area (Å²) in [5, 5.41) is 8.91. The summed E-state index contributed by atoms with van der Waals surface area (Å²) >= 11 is 0. The van der Waals surface area contributed by atoms with Crippen molar-refractivity contribution in [1.29, 1.82) is 0 Å². The van der Waals surface area contributed by atoms with Crippen LogP contribution in [-0.2, 0) is 6.54 Å². The first kappa shape index (κ1) is 9.02. The van der Waals surface area contributed by atoms with Gasteiger partial charge in [0.05, 0.1) is 11.0 Å². The molecule has 0 spiro atoms. The number of aromatic nitrogens is 2. The molecule has 0 aliphatic heterocycles. The molecule has 0 amide bonds. The number of imidazole rings is 1. The molecule has 0 saturated carbocycles. The molecule has 74 valence electrons. The van der Waals surface area contributed by atoms with Gasteiger partial charge in [-0.3, -0.25) is 5.21 Å². The summed E-state index contributed by atoms with van der Waals surface area (Å²) in [4.78, 5) is 4.25. The van der Waals surface area contributed by atoms with Gasteiger partial charge in [-0.25, -0.2) is 10.5 Å². The van der Waals surface area contributed by atoms with E-state index in [1.54, 1.807) is 0 Å². The Kier molecular flexibility index (Phi) is 2.37. The monoisotopic (exact) mass is 191 g/mol. The van der Waals surface area contributed by atoms with Crippen molar-refractivity contribution in [3.8, 4) is 0 Å². The third-order valence-corrected chi connectivity index (χ3v) is 2.20. The lowest BCUT2D eigenvalue weighted by Gasteiger charge is -2.04. The molecular weight excluding hydrogens is 178 g/mol. The van der Waals surface area contributed by atoms with Crippen molar-refractivity contribution in [2.24, 2.45) is 0 Å². The van der Waals surface area contributed by atoms with Crippen LogP contribution in [0.3, 0.4) is 0 Å². The first-order valence-electron chi connectivity index (χ1n) is 4.72. The van der Waals surface area contributed by atoms with Crippen LogP contribution in [0.4, 0.5) is 5.95 Å². The summed E-state index contributed by atoms with van der Waals surface area (Å²) in [6, 6.07) is 7.84. The zero-order valence-electron chi connectivity index (χ0n) is 8.07. The SMILES string of the molecule is CCCn1c(NO)nc2ccccc21. The molecule has 4 heteroatoms. The minimum atomic E-state index is 0.507. The molecule has 1 heterocycles. The maximum atomic E-state index is 8.91. The normalized spacial score (nSPS) is 10.7. The number of anilines is 1. The Morgan fingerprint density at radius 3 is 2.93 bits per heavy atom. The van der Waals surface area contributed by atoms with Gasteiger partial charge in [0.2, 0.25) is 5.95 Å². The summed E-state index contributed by atoms with van der Waals surface area (Å²) in [5.41, 5.74) is 4.07. The number of aryl methyl sites for hydroxylation is 1. The molecule has 4 nitrogen and oxygen atoms in total. The topological polar surface area (TPSA) is 50.1 Å². The molecule has 0 saturated heterocycles. The Balaban J connectivity index is 2.61. The molecule has 0 radical (unpaired) electrons. The summed E-state index contributed by atoms with van der Waals surface area (Å²) < 4.78 is 1.97. The van der Waals surface area contributed by atoms with Gasteiger partial charge in [-0.1, -0.05) is 19.1 Å². The van der Waals surface area contributed by atoms with Crippen molar-refractivity contribution in [2.75, 3.05) is 5.48 Å². The lowest BCUT2D eigenvalue weighted by molar-refractivity contribution is 0.378. The second kappa shape index (κ2) is 3.67. The Labute approximate surface area is 82.1 Å². The van der Waals surface area contributed by atoms with Gasteiger partial charge in [0.25, 0.3) is 0 Å². The van der Waals surface area contributed by atoms with Gasteiger partial charge in [-0.15, -0.1) is 0 Å². The van der Waals surface area contributed by atoms with E-state index in [4.69, 9.17) is 5.21 Å². The molecule has 1 aromatic carbocycles. The van der Waals surface area contributed by atoms with Crippen LogP contribution in [0.1, 0.15) is 13.3 Å². The van der Waals surface area contributed by atoms with Crippen molar-refractivity contribution in [1.82, 2.24) is 9.55 Å². The van der Waals surface area contributed by atoms with Crippen molar-refractivity contribution in [3.05, 3.63) is 24.3 Å². The molecule has 0 bridgehead atoms.